The molecular weight excluding hydrogens is 382 g/mol. The molecule has 1 N–H and O–H groups in total. The largest absolute Gasteiger partial charge is 0.325 e. The minimum atomic E-state index is -3.52. The van der Waals surface area contributed by atoms with Gasteiger partial charge in [0.15, 0.2) is 0 Å². The first-order chi connectivity index (χ1) is 12.8. The van der Waals surface area contributed by atoms with Gasteiger partial charge in [-0.15, -0.1) is 11.3 Å². The number of carbonyl (C=O) groups excluding carboxylic acids is 1. The summed E-state index contributed by atoms with van der Waals surface area (Å²) in [7, 11) is -1.95. The van der Waals surface area contributed by atoms with E-state index >= 15 is 0 Å². The first-order valence-corrected chi connectivity index (χ1v) is 11.2. The van der Waals surface area contributed by atoms with Crippen LogP contribution < -0.4 is 5.32 Å². The zero-order valence-electron chi connectivity index (χ0n) is 15.8. The lowest BCUT2D eigenvalue weighted by Gasteiger charge is -2.26. The molecule has 0 bridgehead atoms. The zero-order chi connectivity index (χ0) is 19.6. The Balaban J connectivity index is 1.59. The van der Waals surface area contributed by atoms with Crippen molar-refractivity contribution in [2.24, 2.45) is 0 Å². The standard InChI is InChI=1S/C19H25N3O3S2/c1-14(2)21(3)27(24,25)17-6-4-16(5-7-17)20-19(23)13-22-10-8-18-15(12-22)9-11-26-18/h4-7,9,11,14H,8,10,12-13H2,1-3H3,(H,20,23). The minimum Gasteiger partial charge on any atom is -0.325 e. The Morgan fingerprint density at radius 1 is 1.26 bits per heavy atom. The third-order valence-electron chi connectivity index (χ3n) is 4.80. The van der Waals surface area contributed by atoms with Crippen molar-refractivity contribution in [2.75, 3.05) is 25.5 Å². The second-order valence-electron chi connectivity index (χ2n) is 7.02. The Hall–Kier alpha value is -1.74. The van der Waals surface area contributed by atoms with Gasteiger partial charge in [-0.05, 0) is 61.5 Å². The lowest BCUT2D eigenvalue weighted by molar-refractivity contribution is -0.117. The lowest BCUT2D eigenvalue weighted by atomic mass is 10.1. The van der Waals surface area contributed by atoms with Gasteiger partial charge in [-0.1, -0.05) is 0 Å². The van der Waals surface area contributed by atoms with Crippen molar-refractivity contribution in [1.82, 2.24) is 9.21 Å². The monoisotopic (exact) mass is 407 g/mol. The van der Waals surface area contributed by atoms with E-state index < -0.39 is 10.0 Å². The van der Waals surface area contributed by atoms with E-state index in [1.54, 1.807) is 30.5 Å². The van der Waals surface area contributed by atoms with Crippen LogP contribution in [0, 0.1) is 0 Å². The molecule has 27 heavy (non-hydrogen) atoms. The maximum Gasteiger partial charge on any atom is 0.243 e. The Morgan fingerprint density at radius 3 is 2.63 bits per heavy atom. The molecule has 8 heteroatoms. The van der Waals surface area contributed by atoms with Crippen molar-refractivity contribution in [2.45, 2.75) is 37.8 Å². The smallest absolute Gasteiger partial charge is 0.243 e. The summed E-state index contributed by atoms with van der Waals surface area (Å²) in [5.74, 6) is -0.0939. The number of hydrogen-bond acceptors (Lipinski definition) is 5. The highest BCUT2D eigenvalue weighted by atomic mass is 32.2. The van der Waals surface area contributed by atoms with Gasteiger partial charge in [-0.25, -0.2) is 8.42 Å². The second kappa shape index (κ2) is 8.10. The van der Waals surface area contributed by atoms with Crippen LogP contribution >= 0.6 is 11.3 Å². The van der Waals surface area contributed by atoms with E-state index in [1.807, 2.05) is 13.8 Å². The van der Waals surface area contributed by atoms with Crippen LogP contribution in [-0.4, -0.2) is 49.7 Å². The highest BCUT2D eigenvalue weighted by Gasteiger charge is 2.23. The number of amides is 1. The second-order valence-corrected chi connectivity index (χ2v) is 10.0. The molecule has 1 aliphatic heterocycles. The van der Waals surface area contributed by atoms with Crippen LogP contribution in [0.25, 0.3) is 0 Å². The quantitative estimate of drug-likeness (QED) is 0.799. The van der Waals surface area contributed by atoms with E-state index in [4.69, 9.17) is 0 Å². The molecule has 1 aromatic heterocycles. The number of benzene rings is 1. The van der Waals surface area contributed by atoms with Gasteiger partial charge in [0.1, 0.15) is 0 Å². The Labute approximate surface area is 164 Å². The zero-order valence-corrected chi connectivity index (χ0v) is 17.4. The van der Waals surface area contributed by atoms with E-state index in [2.05, 4.69) is 21.7 Å². The van der Waals surface area contributed by atoms with Crippen molar-refractivity contribution in [3.63, 3.8) is 0 Å². The number of hydrogen-bond donors (Lipinski definition) is 1. The molecule has 2 heterocycles. The molecule has 0 unspecified atom stereocenters. The van der Waals surface area contributed by atoms with Crippen LogP contribution in [0.5, 0.6) is 0 Å². The molecule has 0 spiro atoms. The Bertz CT molecular complexity index is 905. The fourth-order valence-corrected chi connectivity index (χ4v) is 5.26. The summed E-state index contributed by atoms with van der Waals surface area (Å²) in [5, 5.41) is 4.95. The number of carbonyl (C=O) groups is 1. The normalized spacial score (nSPS) is 15.1. The average molecular weight is 408 g/mol. The lowest BCUT2D eigenvalue weighted by Crippen LogP contribution is -2.36. The van der Waals surface area contributed by atoms with E-state index in [0.717, 1.165) is 19.5 Å². The van der Waals surface area contributed by atoms with Crippen LogP contribution in [0.15, 0.2) is 40.6 Å². The van der Waals surface area contributed by atoms with Gasteiger partial charge < -0.3 is 5.32 Å². The summed E-state index contributed by atoms with van der Waals surface area (Å²) in [6, 6.07) is 8.32. The van der Waals surface area contributed by atoms with Crippen LogP contribution in [0.3, 0.4) is 0 Å². The molecule has 0 saturated heterocycles. The summed E-state index contributed by atoms with van der Waals surface area (Å²) in [5.41, 5.74) is 1.90. The molecule has 1 amide bonds. The summed E-state index contributed by atoms with van der Waals surface area (Å²) < 4.78 is 26.3. The number of anilines is 1. The molecule has 0 fully saturated rings. The summed E-state index contributed by atoms with van der Waals surface area (Å²) >= 11 is 1.78. The van der Waals surface area contributed by atoms with Gasteiger partial charge in [0.2, 0.25) is 15.9 Å². The van der Waals surface area contributed by atoms with Gasteiger partial charge in [0, 0.05) is 36.7 Å². The van der Waals surface area contributed by atoms with E-state index in [0.29, 0.717) is 12.2 Å². The third-order valence-corrected chi connectivity index (χ3v) is 7.87. The Morgan fingerprint density at radius 2 is 1.96 bits per heavy atom. The fourth-order valence-electron chi connectivity index (χ4n) is 3.00. The molecule has 0 radical (unpaired) electrons. The molecule has 2 aromatic rings. The number of nitrogens with one attached hydrogen (secondary N) is 1. The average Bonchev–Trinajstić information content (AvgIpc) is 3.09. The molecule has 146 valence electrons. The number of thiophene rings is 1. The summed E-state index contributed by atoms with van der Waals surface area (Å²) in [6.45, 7) is 5.65. The predicted molar refractivity (Wildman–Crippen MR) is 108 cm³/mol. The van der Waals surface area contributed by atoms with Crippen LogP contribution in [-0.2, 0) is 27.8 Å². The molecule has 0 atom stereocenters. The highest BCUT2D eigenvalue weighted by molar-refractivity contribution is 7.89. The van der Waals surface area contributed by atoms with Crippen molar-refractivity contribution in [3.8, 4) is 0 Å². The van der Waals surface area contributed by atoms with E-state index in [-0.39, 0.29) is 16.8 Å². The molecule has 6 nitrogen and oxygen atoms in total. The third kappa shape index (κ3) is 4.57. The number of sulfonamides is 1. The minimum absolute atomic E-state index is 0.0939. The van der Waals surface area contributed by atoms with Gasteiger partial charge in [0.25, 0.3) is 0 Å². The van der Waals surface area contributed by atoms with Crippen molar-refractivity contribution in [1.29, 1.82) is 0 Å². The van der Waals surface area contributed by atoms with Crippen LogP contribution in [0.4, 0.5) is 5.69 Å². The molecule has 3 rings (SSSR count). The number of fused-ring (bicyclic) bond motifs is 1. The first-order valence-electron chi connectivity index (χ1n) is 8.93. The van der Waals surface area contributed by atoms with E-state index in [9.17, 15) is 13.2 Å². The molecule has 1 aliphatic rings. The molecular formula is C19H25N3O3S2. The van der Waals surface area contributed by atoms with Crippen molar-refractivity contribution >= 4 is 33.0 Å². The summed E-state index contributed by atoms with van der Waals surface area (Å²) in [6.07, 6.45) is 0.982. The molecule has 0 saturated carbocycles. The van der Waals surface area contributed by atoms with E-state index in [1.165, 1.54) is 26.9 Å². The van der Waals surface area contributed by atoms with Gasteiger partial charge in [-0.2, -0.15) is 4.31 Å². The Kier molecular flexibility index (Phi) is 6.00. The molecule has 1 aromatic carbocycles. The fraction of sp³-hybridized carbons (Fsp3) is 0.421. The van der Waals surface area contributed by atoms with Crippen molar-refractivity contribution < 1.29 is 13.2 Å². The highest BCUT2D eigenvalue weighted by Crippen LogP contribution is 2.24. The number of rotatable bonds is 6. The topological polar surface area (TPSA) is 69.7 Å². The van der Waals surface area contributed by atoms with Gasteiger partial charge >= 0.3 is 0 Å². The SMILES string of the molecule is CC(C)N(C)S(=O)(=O)c1ccc(NC(=O)CN2CCc3sccc3C2)cc1. The molecule has 0 aliphatic carbocycles. The summed E-state index contributed by atoms with van der Waals surface area (Å²) in [4.78, 5) is 16.1. The maximum absolute atomic E-state index is 12.5. The van der Waals surface area contributed by atoms with Crippen LogP contribution in [0.2, 0.25) is 0 Å². The first kappa shape index (κ1) is 20.0. The predicted octanol–water partition coefficient (Wildman–Crippen LogP) is 2.77. The maximum atomic E-state index is 12.5. The van der Waals surface area contributed by atoms with Gasteiger partial charge in [0.05, 0.1) is 11.4 Å². The van der Waals surface area contributed by atoms with Crippen LogP contribution in [0.1, 0.15) is 24.3 Å². The van der Waals surface area contributed by atoms with Crippen molar-refractivity contribution in [3.05, 3.63) is 46.2 Å². The number of nitrogens with zero attached hydrogens (tertiary/aromatic N) is 2. The van der Waals surface area contributed by atoms with Gasteiger partial charge in [-0.3, -0.25) is 9.69 Å².